The van der Waals surface area contributed by atoms with Gasteiger partial charge in [-0.15, -0.1) is 0 Å². The fraction of sp³-hybridized carbons (Fsp3) is 0.536. The van der Waals surface area contributed by atoms with E-state index in [2.05, 4.69) is 4.90 Å². The van der Waals surface area contributed by atoms with Crippen LogP contribution < -0.4 is 0 Å². The minimum Gasteiger partial charge on any atom is -0.481 e. The molecule has 3 atom stereocenters. The number of aliphatic carboxylic acids is 1. The van der Waals surface area contributed by atoms with Crippen LogP contribution >= 0.6 is 0 Å². The highest BCUT2D eigenvalue weighted by molar-refractivity contribution is 5.67. The van der Waals surface area contributed by atoms with Gasteiger partial charge in [0.05, 0.1) is 18.8 Å². The Kier molecular flexibility index (Phi) is 10.2. The zero-order valence-corrected chi connectivity index (χ0v) is 20.7. The van der Waals surface area contributed by atoms with Gasteiger partial charge in [0.15, 0.2) is 0 Å². The average molecular weight is 490 g/mol. The predicted octanol–water partition coefficient (Wildman–Crippen LogP) is 5.22. The number of β-amino-alcohol motifs (C(OH)–C–C–N with tert-alkyl or cyclic N) is 1. The van der Waals surface area contributed by atoms with Crippen LogP contribution in [0.4, 0.5) is 8.78 Å². The zero-order chi connectivity index (χ0) is 25.4. The monoisotopic (exact) mass is 489 g/mol. The molecule has 5 nitrogen and oxygen atoms in total. The second-order valence-electron chi connectivity index (χ2n) is 9.58. The van der Waals surface area contributed by atoms with E-state index < -0.39 is 24.0 Å². The number of ether oxygens (including phenoxy) is 1. The van der Waals surface area contributed by atoms with Gasteiger partial charge in [0.25, 0.3) is 0 Å². The molecule has 0 amide bonds. The lowest BCUT2D eigenvalue weighted by Gasteiger charge is -2.28. The molecular formula is C28H37F2NO4. The average Bonchev–Trinajstić information content (AvgIpc) is 3.24. The van der Waals surface area contributed by atoms with E-state index >= 15 is 0 Å². The Morgan fingerprint density at radius 3 is 2.74 bits per heavy atom. The van der Waals surface area contributed by atoms with Crippen LogP contribution in [0.3, 0.4) is 0 Å². The molecule has 7 heteroatoms. The van der Waals surface area contributed by atoms with Gasteiger partial charge >= 0.3 is 5.97 Å². The van der Waals surface area contributed by atoms with E-state index in [9.17, 15) is 18.7 Å². The summed E-state index contributed by atoms with van der Waals surface area (Å²) >= 11 is 0. The number of benzene rings is 2. The maximum Gasteiger partial charge on any atom is 0.303 e. The summed E-state index contributed by atoms with van der Waals surface area (Å²) in [4.78, 5) is 13.3. The Bertz CT molecular complexity index is 983. The number of carboxylic acids is 1. The summed E-state index contributed by atoms with van der Waals surface area (Å²) in [6.45, 7) is 5.18. The molecule has 0 aliphatic carbocycles. The molecule has 2 aromatic rings. The standard InChI is InChI=1S/C28H37F2NO4/c1-3-5-27(25-16-22(29)11-9-21(25)10-12-28(33)34)35-18-24(32)17-31-13-4-6-23(31)14-20-8-7-19(2)26(30)15-20/h7-9,11,15-16,23-24,27,32H,3-6,10,12-14,17-18H2,1-2H3,(H,33,34)/t23-,24+,27+/m0/s1. The number of hydrogen-bond donors (Lipinski definition) is 2. The third-order valence-electron chi connectivity index (χ3n) is 6.76. The number of aliphatic hydroxyl groups is 1. The van der Waals surface area contributed by atoms with Crippen LogP contribution in [0.5, 0.6) is 0 Å². The van der Waals surface area contributed by atoms with Crippen molar-refractivity contribution < 1.29 is 28.5 Å². The molecular weight excluding hydrogens is 452 g/mol. The molecule has 1 aliphatic rings. The van der Waals surface area contributed by atoms with Crippen molar-refractivity contribution in [2.45, 2.75) is 77.0 Å². The van der Waals surface area contributed by atoms with Crippen LogP contribution in [0, 0.1) is 18.6 Å². The summed E-state index contributed by atoms with van der Waals surface area (Å²) in [7, 11) is 0. The molecule has 2 aromatic carbocycles. The van der Waals surface area contributed by atoms with E-state index in [4.69, 9.17) is 9.84 Å². The summed E-state index contributed by atoms with van der Waals surface area (Å²) in [6, 6.07) is 9.99. The van der Waals surface area contributed by atoms with Crippen molar-refractivity contribution in [2.24, 2.45) is 0 Å². The van der Waals surface area contributed by atoms with Crippen LogP contribution in [0.15, 0.2) is 36.4 Å². The molecule has 0 saturated carbocycles. The van der Waals surface area contributed by atoms with Gasteiger partial charge in [0.1, 0.15) is 11.6 Å². The number of carboxylic acid groups (broad SMARTS) is 1. The molecule has 0 unspecified atom stereocenters. The first kappa shape index (κ1) is 27.2. The van der Waals surface area contributed by atoms with E-state index in [0.717, 1.165) is 43.4 Å². The van der Waals surface area contributed by atoms with Crippen LogP contribution in [-0.2, 0) is 22.4 Å². The normalized spacial score (nSPS) is 18.0. The lowest BCUT2D eigenvalue weighted by Crippen LogP contribution is -2.39. The SMILES string of the molecule is CCC[C@@H](OC[C@H](O)CN1CCC[C@H]1Cc1ccc(C)c(F)c1)c1cc(F)ccc1CCC(=O)O. The van der Waals surface area contributed by atoms with E-state index in [0.29, 0.717) is 30.5 Å². The van der Waals surface area contributed by atoms with Crippen molar-refractivity contribution in [1.82, 2.24) is 4.90 Å². The number of carbonyl (C=O) groups is 1. The van der Waals surface area contributed by atoms with Gasteiger partial charge in [0.2, 0.25) is 0 Å². The minimum absolute atomic E-state index is 0.0403. The Labute approximate surface area is 206 Å². The fourth-order valence-corrected chi connectivity index (χ4v) is 4.88. The highest BCUT2D eigenvalue weighted by atomic mass is 19.1. The number of hydrogen-bond acceptors (Lipinski definition) is 4. The van der Waals surface area contributed by atoms with E-state index in [1.54, 1.807) is 25.1 Å². The summed E-state index contributed by atoms with van der Waals surface area (Å²) in [5.41, 5.74) is 3.00. The third-order valence-corrected chi connectivity index (χ3v) is 6.76. The molecule has 0 spiro atoms. The summed E-state index contributed by atoms with van der Waals surface area (Å²) < 4.78 is 34.1. The van der Waals surface area contributed by atoms with Crippen molar-refractivity contribution in [3.63, 3.8) is 0 Å². The lowest BCUT2D eigenvalue weighted by molar-refractivity contribution is -0.136. The zero-order valence-electron chi connectivity index (χ0n) is 20.7. The Hall–Kier alpha value is -2.35. The highest BCUT2D eigenvalue weighted by Gasteiger charge is 2.27. The van der Waals surface area contributed by atoms with Crippen LogP contribution in [0.2, 0.25) is 0 Å². The van der Waals surface area contributed by atoms with Gasteiger partial charge in [0, 0.05) is 19.0 Å². The van der Waals surface area contributed by atoms with Crippen molar-refractivity contribution in [3.05, 3.63) is 70.3 Å². The lowest BCUT2D eigenvalue weighted by atomic mass is 9.96. The number of rotatable bonds is 13. The molecule has 0 radical (unpaired) electrons. The van der Waals surface area contributed by atoms with Gasteiger partial charge in [-0.2, -0.15) is 0 Å². The number of likely N-dealkylation sites (tertiary alicyclic amines) is 1. The molecule has 1 saturated heterocycles. The maximum absolute atomic E-state index is 14.0. The van der Waals surface area contributed by atoms with Crippen LogP contribution in [0.25, 0.3) is 0 Å². The fourth-order valence-electron chi connectivity index (χ4n) is 4.88. The molecule has 1 aliphatic heterocycles. The maximum atomic E-state index is 14.0. The molecule has 1 heterocycles. The highest BCUT2D eigenvalue weighted by Crippen LogP contribution is 2.29. The number of aliphatic hydroxyl groups excluding tert-OH is 1. The van der Waals surface area contributed by atoms with Gasteiger partial charge < -0.3 is 14.9 Å². The molecule has 192 valence electrons. The number of halogens is 2. The third kappa shape index (κ3) is 8.09. The largest absolute Gasteiger partial charge is 0.481 e. The quantitative estimate of drug-likeness (QED) is 0.404. The Balaban J connectivity index is 1.60. The molecule has 35 heavy (non-hydrogen) atoms. The Morgan fingerprint density at radius 1 is 1.23 bits per heavy atom. The van der Waals surface area contributed by atoms with Crippen molar-refractivity contribution in [3.8, 4) is 0 Å². The van der Waals surface area contributed by atoms with Crippen molar-refractivity contribution >= 4 is 5.97 Å². The minimum atomic E-state index is -0.905. The number of aryl methyl sites for hydroxylation is 2. The van der Waals surface area contributed by atoms with Gasteiger partial charge in [-0.3, -0.25) is 9.69 Å². The first-order valence-electron chi connectivity index (χ1n) is 12.6. The van der Waals surface area contributed by atoms with E-state index in [1.807, 2.05) is 13.0 Å². The summed E-state index contributed by atoms with van der Waals surface area (Å²) in [5, 5.41) is 19.8. The molecule has 1 fully saturated rings. The first-order chi connectivity index (χ1) is 16.8. The second kappa shape index (κ2) is 13.1. The van der Waals surface area contributed by atoms with Crippen molar-refractivity contribution in [1.29, 1.82) is 0 Å². The van der Waals surface area contributed by atoms with Crippen LogP contribution in [-0.4, -0.2) is 52.9 Å². The Morgan fingerprint density at radius 2 is 2.03 bits per heavy atom. The molecule has 2 N–H and O–H groups in total. The topological polar surface area (TPSA) is 70.0 Å². The predicted molar refractivity (Wildman–Crippen MR) is 131 cm³/mol. The number of nitrogens with zero attached hydrogens (tertiary/aromatic N) is 1. The smallest absolute Gasteiger partial charge is 0.303 e. The first-order valence-corrected chi connectivity index (χ1v) is 12.6. The van der Waals surface area contributed by atoms with Crippen molar-refractivity contribution in [2.75, 3.05) is 19.7 Å². The van der Waals surface area contributed by atoms with Gasteiger partial charge in [-0.25, -0.2) is 8.78 Å². The van der Waals surface area contributed by atoms with Gasteiger partial charge in [-0.05, 0) is 86.0 Å². The van der Waals surface area contributed by atoms with E-state index in [-0.39, 0.29) is 24.9 Å². The molecule has 0 bridgehead atoms. The van der Waals surface area contributed by atoms with E-state index in [1.165, 1.54) is 12.1 Å². The van der Waals surface area contributed by atoms with Crippen LogP contribution in [0.1, 0.15) is 67.4 Å². The molecule has 0 aromatic heterocycles. The van der Waals surface area contributed by atoms with Gasteiger partial charge in [-0.1, -0.05) is 31.5 Å². The summed E-state index contributed by atoms with van der Waals surface area (Å²) in [6.07, 6.45) is 3.32. The summed E-state index contributed by atoms with van der Waals surface area (Å²) in [5.74, 6) is -1.49. The second-order valence-corrected chi connectivity index (χ2v) is 9.58. The molecule has 3 rings (SSSR count).